The molecule has 1 fully saturated rings. The summed E-state index contributed by atoms with van der Waals surface area (Å²) in [6.45, 7) is 4.30. The first-order valence-corrected chi connectivity index (χ1v) is 6.25. The van der Waals surface area contributed by atoms with E-state index in [-0.39, 0.29) is 10.8 Å². The Hall–Kier alpha value is -0.600. The first kappa shape index (κ1) is 11.9. The second-order valence-corrected chi connectivity index (χ2v) is 4.89. The number of halogens is 2. The predicted octanol–water partition coefficient (Wildman–Crippen LogP) is 3.58. The van der Waals surface area contributed by atoms with Crippen LogP contribution >= 0.6 is 11.6 Å². The maximum Gasteiger partial charge on any atom is 0.141 e. The third-order valence-corrected chi connectivity index (χ3v) is 3.42. The van der Waals surface area contributed by atoms with Crippen LogP contribution in [0.25, 0.3) is 0 Å². The third-order valence-electron chi connectivity index (χ3n) is 3.13. The molecule has 1 N–H and O–H groups in total. The molecule has 0 heterocycles. The zero-order valence-corrected chi connectivity index (χ0v) is 10.2. The number of hydrogen-bond donors (Lipinski definition) is 1. The van der Waals surface area contributed by atoms with Gasteiger partial charge in [-0.1, -0.05) is 24.6 Å². The molecule has 0 bridgehead atoms. The zero-order chi connectivity index (χ0) is 11.5. The molecule has 3 heteroatoms. The molecule has 1 saturated carbocycles. The number of rotatable bonds is 5. The molecule has 0 aliphatic heterocycles. The van der Waals surface area contributed by atoms with Gasteiger partial charge in [0, 0.05) is 0 Å². The second-order valence-electron chi connectivity index (χ2n) is 4.48. The lowest BCUT2D eigenvalue weighted by Gasteiger charge is -2.03. The van der Waals surface area contributed by atoms with Crippen molar-refractivity contribution in [3.63, 3.8) is 0 Å². The summed E-state index contributed by atoms with van der Waals surface area (Å²) in [5.74, 6) is 0.947. The van der Waals surface area contributed by atoms with Crippen LogP contribution in [0.3, 0.4) is 0 Å². The predicted molar refractivity (Wildman–Crippen MR) is 65.4 cm³/mol. The molecule has 0 aromatic heterocycles. The Balaban J connectivity index is 1.88. The van der Waals surface area contributed by atoms with E-state index in [9.17, 15) is 4.39 Å². The highest BCUT2D eigenvalue weighted by atomic mass is 35.5. The van der Waals surface area contributed by atoms with Gasteiger partial charge >= 0.3 is 0 Å². The van der Waals surface area contributed by atoms with E-state index in [2.05, 4.69) is 12.2 Å². The van der Waals surface area contributed by atoms with Gasteiger partial charge in [-0.2, -0.15) is 0 Å². The summed E-state index contributed by atoms with van der Waals surface area (Å²) in [6.07, 6.45) is 2.36. The van der Waals surface area contributed by atoms with E-state index in [1.54, 1.807) is 6.07 Å². The zero-order valence-electron chi connectivity index (χ0n) is 9.47. The Morgan fingerprint density at radius 1 is 1.50 bits per heavy atom. The monoisotopic (exact) mass is 241 g/mol. The van der Waals surface area contributed by atoms with Crippen LogP contribution in [-0.4, -0.2) is 13.1 Å². The van der Waals surface area contributed by atoms with E-state index >= 15 is 0 Å². The van der Waals surface area contributed by atoms with Gasteiger partial charge in [-0.05, 0) is 55.5 Å². The number of nitrogens with one attached hydrogen (secondary N) is 1. The van der Waals surface area contributed by atoms with Crippen LogP contribution in [0, 0.1) is 11.7 Å². The third kappa shape index (κ3) is 2.74. The van der Waals surface area contributed by atoms with Gasteiger partial charge in [0.15, 0.2) is 0 Å². The fourth-order valence-electron chi connectivity index (χ4n) is 2.09. The van der Waals surface area contributed by atoms with E-state index in [1.807, 2.05) is 6.07 Å². The molecule has 1 aromatic rings. The Bertz CT molecular complexity index is 367. The highest BCUT2D eigenvalue weighted by Gasteiger charge is 2.37. The smallest absolute Gasteiger partial charge is 0.141 e. The van der Waals surface area contributed by atoms with Gasteiger partial charge in [0.25, 0.3) is 0 Å². The highest BCUT2D eigenvalue weighted by molar-refractivity contribution is 6.30. The highest BCUT2D eigenvalue weighted by Crippen LogP contribution is 2.47. The molecule has 0 saturated heterocycles. The topological polar surface area (TPSA) is 12.0 Å². The van der Waals surface area contributed by atoms with Crippen LogP contribution < -0.4 is 5.32 Å². The van der Waals surface area contributed by atoms with Gasteiger partial charge < -0.3 is 5.32 Å². The Labute approximate surface area is 101 Å². The van der Waals surface area contributed by atoms with Gasteiger partial charge in [-0.25, -0.2) is 4.39 Å². The van der Waals surface area contributed by atoms with Crippen molar-refractivity contribution in [3.05, 3.63) is 34.6 Å². The lowest BCUT2D eigenvalue weighted by atomic mass is 10.1. The van der Waals surface area contributed by atoms with Crippen LogP contribution in [0.5, 0.6) is 0 Å². The van der Waals surface area contributed by atoms with Crippen molar-refractivity contribution in [2.45, 2.75) is 25.7 Å². The Morgan fingerprint density at radius 2 is 2.31 bits per heavy atom. The molecule has 16 heavy (non-hydrogen) atoms. The van der Waals surface area contributed by atoms with Gasteiger partial charge in [-0.3, -0.25) is 0 Å². The summed E-state index contributed by atoms with van der Waals surface area (Å²) in [7, 11) is 0. The van der Waals surface area contributed by atoms with Crippen LogP contribution in [-0.2, 0) is 0 Å². The fourth-order valence-corrected chi connectivity index (χ4v) is 2.28. The summed E-state index contributed by atoms with van der Waals surface area (Å²) in [6, 6.07) is 5.08. The number of hydrogen-bond acceptors (Lipinski definition) is 1. The molecular formula is C13H17ClFN. The van der Waals surface area contributed by atoms with E-state index < -0.39 is 0 Å². The average molecular weight is 242 g/mol. The molecule has 2 atom stereocenters. The summed E-state index contributed by atoms with van der Waals surface area (Å²) >= 11 is 5.77. The first-order chi connectivity index (χ1) is 7.72. The molecule has 1 aliphatic carbocycles. The molecule has 1 nitrogen and oxygen atoms in total. The van der Waals surface area contributed by atoms with Crippen LogP contribution in [0.1, 0.15) is 31.2 Å². The molecule has 2 unspecified atom stereocenters. The SMILES string of the molecule is CCCNCC1CC1c1ccc(F)c(Cl)c1. The normalized spacial score (nSPS) is 23.4. The summed E-state index contributed by atoms with van der Waals surface area (Å²) < 4.78 is 13.0. The lowest BCUT2D eigenvalue weighted by molar-refractivity contribution is 0.617. The lowest BCUT2D eigenvalue weighted by Crippen LogP contribution is -2.17. The molecule has 88 valence electrons. The standard InChI is InChI=1S/C13H17ClFN/c1-2-5-16-8-10-6-11(10)9-3-4-13(15)12(14)7-9/h3-4,7,10-11,16H,2,5-6,8H2,1H3. The van der Waals surface area contributed by atoms with Gasteiger partial charge in [0.1, 0.15) is 5.82 Å². The van der Waals surface area contributed by atoms with Crippen molar-refractivity contribution in [2.75, 3.05) is 13.1 Å². The minimum Gasteiger partial charge on any atom is -0.316 e. The van der Waals surface area contributed by atoms with E-state index in [4.69, 9.17) is 11.6 Å². The van der Waals surface area contributed by atoms with E-state index in [0.717, 1.165) is 13.1 Å². The van der Waals surface area contributed by atoms with Crippen molar-refractivity contribution in [1.82, 2.24) is 5.32 Å². The van der Waals surface area contributed by atoms with E-state index in [1.165, 1.54) is 24.5 Å². The molecule has 0 radical (unpaired) electrons. The second kappa shape index (κ2) is 5.15. The van der Waals surface area contributed by atoms with Crippen molar-refractivity contribution in [1.29, 1.82) is 0 Å². The van der Waals surface area contributed by atoms with Crippen molar-refractivity contribution >= 4 is 11.6 Å². The van der Waals surface area contributed by atoms with Crippen LogP contribution in [0.4, 0.5) is 4.39 Å². The van der Waals surface area contributed by atoms with Gasteiger partial charge in [0.2, 0.25) is 0 Å². The van der Waals surface area contributed by atoms with Crippen molar-refractivity contribution < 1.29 is 4.39 Å². The summed E-state index contributed by atoms with van der Waals surface area (Å²) in [4.78, 5) is 0. The quantitative estimate of drug-likeness (QED) is 0.777. The van der Waals surface area contributed by atoms with Gasteiger partial charge in [-0.15, -0.1) is 0 Å². The summed E-state index contributed by atoms with van der Waals surface area (Å²) in [5.41, 5.74) is 1.18. The summed E-state index contributed by atoms with van der Waals surface area (Å²) in [5, 5.41) is 3.66. The van der Waals surface area contributed by atoms with E-state index in [0.29, 0.717) is 11.8 Å². The molecule has 1 aromatic carbocycles. The largest absolute Gasteiger partial charge is 0.316 e. The van der Waals surface area contributed by atoms with Crippen LogP contribution in [0.2, 0.25) is 5.02 Å². The van der Waals surface area contributed by atoms with Crippen molar-refractivity contribution in [3.8, 4) is 0 Å². The molecule has 0 amide bonds. The Kier molecular flexibility index (Phi) is 3.82. The average Bonchev–Trinajstić information content (AvgIpc) is 3.02. The first-order valence-electron chi connectivity index (χ1n) is 5.88. The van der Waals surface area contributed by atoms with Gasteiger partial charge in [0.05, 0.1) is 5.02 Å². The molecule has 1 aliphatic rings. The molecule has 2 rings (SSSR count). The Morgan fingerprint density at radius 3 is 3.00 bits per heavy atom. The number of benzene rings is 1. The maximum absolute atomic E-state index is 13.0. The van der Waals surface area contributed by atoms with Crippen LogP contribution in [0.15, 0.2) is 18.2 Å². The molecular weight excluding hydrogens is 225 g/mol. The fraction of sp³-hybridized carbons (Fsp3) is 0.538. The minimum atomic E-state index is -0.327. The maximum atomic E-state index is 13.0. The van der Waals surface area contributed by atoms with Crippen molar-refractivity contribution in [2.24, 2.45) is 5.92 Å². The molecule has 0 spiro atoms. The minimum absolute atomic E-state index is 0.240.